The number of esters is 1. The average Bonchev–Trinajstić information content (AvgIpc) is 3.14. The Balaban J connectivity index is 1.24. The minimum Gasteiger partial charge on any atom is -0.465 e. The topological polar surface area (TPSA) is 87.0 Å². The zero-order valence-electron chi connectivity index (χ0n) is 25.8. The van der Waals surface area contributed by atoms with E-state index in [1.54, 1.807) is 24.3 Å². The highest BCUT2D eigenvalue weighted by atomic mass is 35.5. The number of aliphatic hydroxyl groups is 3. The van der Waals surface area contributed by atoms with Gasteiger partial charge >= 0.3 is 5.97 Å². The zero-order valence-corrected chi connectivity index (χ0v) is 26.5. The number of benzene rings is 6. The van der Waals surface area contributed by atoms with Crippen molar-refractivity contribution >= 4 is 17.6 Å². The van der Waals surface area contributed by atoms with Crippen LogP contribution in [0, 0.1) is 0 Å². The van der Waals surface area contributed by atoms with Crippen LogP contribution in [0.4, 0.5) is 0 Å². The van der Waals surface area contributed by atoms with Gasteiger partial charge in [-0.1, -0.05) is 103 Å². The molecule has 0 aliphatic rings. The number of hydrogen-bond acceptors (Lipinski definition) is 5. The van der Waals surface area contributed by atoms with Gasteiger partial charge in [-0.15, -0.1) is 0 Å². The minimum atomic E-state index is -0.407. The number of aliphatic hydroxyl groups excluding tert-OH is 3. The van der Waals surface area contributed by atoms with E-state index < -0.39 is 5.97 Å². The van der Waals surface area contributed by atoms with E-state index in [1.165, 1.54) is 7.11 Å². The Morgan fingerprint density at radius 1 is 0.511 bits per heavy atom. The van der Waals surface area contributed by atoms with Crippen molar-refractivity contribution in [2.45, 2.75) is 19.8 Å². The molecule has 0 aromatic heterocycles. The molecule has 0 aliphatic heterocycles. The third kappa shape index (κ3) is 6.75. The summed E-state index contributed by atoms with van der Waals surface area (Å²) >= 11 is 6.11. The van der Waals surface area contributed by atoms with E-state index in [2.05, 4.69) is 6.07 Å². The molecule has 234 valence electrons. The van der Waals surface area contributed by atoms with Gasteiger partial charge in [0.2, 0.25) is 0 Å². The summed E-state index contributed by atoms with van der Waals surface area (Å²) in [5.74, 6) is -0.407. The molecule has 0 amide bonds. The van der Waals surface area contributed by atoms with Crippen LogP contribution < -0.4 is 0 Å². The fourth-order valence-corrected chi connectivity index (χ4v) is 6.16. The van der Waals surface area contributed by atoms with Crippen molar-refractivity contribution < 1.29 is 24.9 Å². The summed E-state index contributed by atoms with van der Waals surface area (Å²) in [6.45, 7) is -0.347. The van der Waals surface area contributed by atoms with E-state index in [-0.39, 0.29) is 19.8 Å². The molecule has 0 bridgehead atoms. The number of ether oxygens (including phenoxy) is 1. The normalized spacial score (nSPS) is 11.0. The minimum absolute atomic E-state index is 0.0926. The number of carbonyl (C=O) groups is 1. The fraction of sp³-hybridized carbons (Fsp3) is 0.0976. The van der Waals surface area contributed by atoms with Crippen LogP contribution in [0.2, 0.25) is 5.02 Å². The molecule has 6 heteroatoms. The van der Waals surface area contributed by atoms with Crippen LogP contribution in [-0.2, 0) is 24.6 Å². The summed E-state index contributed by atoms with van der Waals surface area (Å²) in [5.41, 5.74) is 12.3. The third-order valence-electron chi connectivity index (χ3n) is 8.44. The molecule has 5 nitrogen and oxygen atoms in total. The smallest absolute Gasteiger partial charge is 0.337 e. The molecule has 0 fully saturated rings. The summed E-state index contributed by atoms with van der Waals surface area (Å²) in [6.07, 6.45) is 0. The lowest BCUT2D eigenvalue weighted by Crippen LogP contribution is -2.01. The molecule has 0 aliphatic carbocycles. The van der Waals surface area contributed by atoms with E-state index in [1.807, 2.05) is 97.1 Å². The van der Waals surface area contributed by atoms with E-state index >= 15 is 0 Å². The van der Waals surface area contributed by atoms with Crippen LogP contribution in [0.5, 0.6) is 0 Å². The molecule has 0 heterocycles. The zero-order chi connectivity index (χ0) is 32.9. The van der Waals surface area contributed by atoms with Crippen molar-refractivity contribution in [2.24, 2.45) is 0 Å². The highest BCUT2D eigenvalue weighted by Gasteiger charge is 2.13. The van der Waals surface area contributed by atoms with Crippen molar-refractivity contribution in [3.05, 3.63) is 155 Å². The van der Waals surface area contributed by atoms with Gasteiger partial charge in [-0.25, -0.2) is 4.79 Å². The Labute approximate surface area is 279 Å². The van der Waals surface area contributed by atoms with Gasteiger partial charge in [0.15, 0.2) is 0 Å². The van der Waals surface area contributed by atoms with Crippen LogP contribution in [0.3, 0.4) is 0 Å². The Morgan fingerprint density at radius 2 is 0.936 bits per heavy atom. The van der Waals surface area contributed by atoms with E-state index in [0.717, 1.165) is 72.3 Å². The van der Waals surface area contributed by atoms with Crippen LogP contribution >= 0.6 is 11.6 Å². The van der Waals surface area contributed by atoms with Gasteiger partial charge in [-0.05, 0) is 109 Å². The summed E-state index contributed by atoms with van der Waals surface area (Å²) in [6, 6.07) is 41.0. The molecule has 6 aromatic carbocycles. The monoisotopic (exact) mass is 640 g/mol. The highest BCUT2D eigenvalue weighted by Crippen LogP contribution is 2.34. The number of rotatable bonds is 9. The molecule has 0 atom stereocenters. The van der Waals surface area contributed by atoms with Gasteiger partial charge in [0, 0.05) is 5.02 Å². The molecule has 0 spiro atoms. The maximum absolute atomic E-state index is 12.0. The Morgan fingerprint density at radius 3 is 1.43 bits per heavy atom. The van der Waals surface area contributed by atoms with Crippen LogP contribution in [0.25, 0.3) is 55.6 Å². The predicted molar refractivity (Wildman–Crippen MR) is 188 cm³/mol. The van der Waals surface area contributed by atoms with Crippen molar-refractivity contribution in [3.63, 3.8) is 0 Å². The molecule has 0 radical (unpaired) electrons. The SMILES string of the molecule is COC(=O)c1cccc(-c2ccc(-c3ccc(-c4ccc(-c5ccc(-c6ccc(Cl)cc6CO)cc5)cc4CO)cc3)cc2CO)c1. The highest BCUT2D eigenvalue weighted by molar-refractivity contribution is 6.30. The third-order valence-corrected chi connectivity index (χ3v) is 8.68. The van der Waals surface area contributed by atoms with Gasteiger partial charge < -0.3 is 20.1 Å². The molecule has 6 aromatic rings. The number of halogens is 1. The molecular weight excluding hydrogens is 608 g/mol. The average molecular weight is 641 g/mol. The summed E-state index contributed by atoms with van der Waals surface area (Å²) in [4.78, 5) is 12.0. The molecule has 0 saturated heterocycles. The number of methoxy groups -OCH3 is 1. The second-order valence-corrected chi connectivity index (χ2v) is 11.7. The quantitative estimate of drug-likeness (QED) is 0.137. The van der Waals surface area contributed by atoms with Crippen molar-refractivity contribution in [1.82, 2.24) is 0 Å². The molecule has 3 N–H and O–H groups in total. The Kier molecular flexibility index (Phi) is 9.62. The lowest BCUT2D eigenvalue weighted by atomic mass is 9.92. The van der Waals surface area contributed by atoms with Crippen molar-refractivity contribution in [2.75, 3.05) is 7.11 Å². The number of hydrogen-bond donors (Lipinski definition) is 3. The predicted octanol–water partition coefficient (Wildman–Crippen LogP) is 8.94. The Hall–Kier alpha value is -5.04. The number of carbonyl (C=O) groups excluding carboxylic acids is 1. The van der Waals surface area contributed by atoms with Gasteiger partial charge in [-0.2, -0.15) is 0 Å². The van der Waals surface area contributed by atoms with Crippen LogP contribution in [0.1, 0.15) is 27.0 Å². The first-order chi connectivity index (χ1) is 22.9. The lowest BCUT2D eigenvalue weighted by molar-refractivity contribution is 0.0600. The standard InChI is InChI=1S/C41H33ClO5/c1-47-41(46)33-4-2-3-32(21-33)40-17-14-31(20-35(40)24-44)27-5-9-28(10-6-27)38-16-13-30(19-34(38)23-43)26-7-11-29(12-8-26)39-18-15-37(42)22-36(39)25-45/h2-22,43-45H,23-25H2,1H3. The molecule has 0 saturated carbocycles. The largest absolute Gasteiger partial charge is 0.465 e. The molecule has 47 heavy (non-hydrogen) atoms. The molecule has 0 unspecified atom stereocenters. The van der Waals surface area contributed by atoms with E-state index in [4.69, 9.17) is 16.3 Å². The second kappa shape index (κ2) is 14.2. The van der Waals surface area contributed by atoms with Gasteiger partial charge in [0.05, 0.1) is 32.5 Å². The summed E-state index contributed by atoms with van der Waals surface area (Å²) in [7, 11) is 1.35. The maximum atomic E-state index is 12.0. The first kappa shape index (κ1) is 31.9. The molecule has 6 rings (SSSR count). The van der Waals surface area contributed by atoms with Crippen LogP contribution in [-0.4, -0.2) is 28.4 Å². The first-order valence-corrected chi connectivity index (χ1v) is 15.6. The molecular formula is C41H33ClO5. The first-order valence-electron chi connectivity index (χ1n) is 15.2. The summed E-state index contributed by atoms with van der Waals surface area (Å²) in [5, 5.41) is 30.9. The van der Waals surface area contributed by atoms with Gasteiger partial charge in [0.25, 0.3) is 0 Å². The van der Waals surface area contributed by atoms with Gasteiger partial charge in [-0.3, -0.25) is 0 Å². The second-order valence-electron chi connectivity index (χ2n) is 11.2. The van der Waals surface area contributed by atoms with Crippen molar-refractivity contribution in [1.29, 1.82) is 0 Å². The fourth-order valence-electron chi connectivity index (χ4n) is 5.96. The van der Waals surface area contributed by atoms with Crippen molar-refractivity contribution in [3.8, 4) is 55.6 Å². The lowest BCUT2D eigenvalue weighted by Gasteiger charge is -2.14. The van der Waals surface area contributed by atoms with Gasteiger partial charge in [0.1, 0.15) is 0 Å². The van der Waals surface area contributed by atoms with E-state index in [0.29, 0.717) is 10.6 Å². The summed E-state index contributed by atoms with van der Waals surface area (Å²) < 4.78 is 4.86. The van der Waals surface area contributed by atoms with Crippen LogP contribution in [0.15, 0.2) is 127 Å². The maximum Gasteiger partial charge on any atom is 0.337 e. The van der Waals surface area contributed by atoms with E-state index in [9.17, 15) is 20.1 Å². The Bertz CT molecular complexity index is 2050.